The third kappa shape index (κ3) is 7.37. The summed E-state index contributed by atoms with van der Waals surface area (Å²) in [6.07, 6.45) is 1.98. The van der Waals surface area contributed by atoms with Crippen LogP contribution in [0.5, 0.6) is 11.5 Å². The second-order valence-electron chi connectivity index (χ2n) is 11.3. The van der Waals surface area contributed by atoms with Crippen LogP contribution in [0.15, 0.2) is 111 Å². The highest BCUT2D eigenvalue weighted by Crippen LogP contribution is 2.33. The molecule has 5 rings (SSSR count). The smallest absolute Gasteiger partial charge is 0.340 e. The Bertz CT molecular complexity index is 1960. The number of allylic oxidation sites excluding steroid dienone is 1. The standard InChI is InChI=1S/C37H38N2O8S/c1-25-11-16-31(17-12-25)48(42,43)38(23-28-9-7-6-8-10-28)24-30-15-14-29(47-30)22-32-35(37(41)46-5)26(2)39(36(32)40)20-19-27-13-18-33(44-3)34(21-27)45-4/h6-18,21-22H,19-20,23-24H2,1-5H3/b32-22+. The van der Waals surface area contributed by atoms with Crippen molar-refractivity contribution >= 4 is 28.0 Å². The van der Waals surface area contributed by atoms with Crippen LogP contribution in [0.4, 0.5) is 0 Å². The fraction of sp³-hybridized carbons (Fsp3) is 0.243. The van der Waals surface area contributed by atoms with Crippen LogP contribution in [0.1, 0.15) is 35.1 Å². The predicted octanol–water partition coefficient (Wildman–Crippen LogP) is 5.91. The number of sulfonamides is 1. The van der Waals surface area contributed by atoms with E-state index in [1.54, 1.807) is 63.6 Å². The van der Waals surface area contributed by atoms with Crippen molar-refractivity contribution in [1.29, 1.82) is 0 Å². The van der Waals surface area contributed by atoms with Crippen molar-refractivity contribution < 1.29 is 36.6 Å². The molecule has 1 aliphatic heterocycles. The number of aryl methyl sites for hydroxylation is 1. The Kier molecular flexibility index (Phi) is 10.5. The molecule has 10 nitrogen and oxygen atoms in total. The second-order valence-corrected chi connectivity index (χ2v) is 13.2. The molecule has 3 aromatic carbocycles. The molecule has 1 amide bonds. The normalized spacial score (nSPS) is 14.2. The van der Waals surface area contributed by atoms with Gasteiger partial charge in [-0.25, -0.2) is 13.2 Å². The monoisotopic (exact) mass is 670 g/mol. The third-order valence-electron chi connectivity index (χ3n) is 8.13. The Morgan fingerprint density at radius 1 is 0.854 bits per heavy atom. The predicted molar refractivity (Wildman–Crippen MR) is 180 cm³/mol. The van der Waals surface area contributed by atoms with Crippen LogP contribution in [0.3, 0.4) is 0 Å². The zero-order valence-electron chi connectivity index (χ0n) is 27.6. The highest BCUT2D eigenvalue weighted by molar-refractivity contribution is 7.89. The van der Waals surface area contributed by atoms with Gasteiger partial charge in [0.1, 0.15) is 11.5 Å². The number of nitrogens with zero attached hydrogens (tertiary/aromatic N) is 2. The number of rotatable bonds is 13. The number of carbonyl (C=O) groups excluding carboxylic acids is 2. The Morgan fingerprint density at radius 2 is 1.56 bits per heavy atom. The summed E-state index contributed by atoms with van der Waals surface area (Å²) in [5.41, 5.74) is 3.41. The van der Waals surface area contributed by atoms with E-state index in [9.17, 15) is 18.0 Å². The van der Waals surface area contributed by atoms with E-state index in [1.165, 1.54) is 22.4 Å². The Morgan fingerprint density at radius 3 is 2.23 bits per heavy atom. The third-order valence-corrected chi connectivity index (χ3v) is 9.94. The minimum absolute atomic E-state index is 0.0571. The van der Waals surface area contributed by atoms with Crippen LogP contribution in [0.25, 0.3) is 6.08 Å². The minimum Gasteiger partial charge on any atom is -0.493 e. The fourth-order valence-electron chi connectivity index (χ4n) is 5.52. The molecule has 2 heterocycles. The number of benzene rings is 3. The highest BCUT2D eigenvalue weighted by atomic mass is 32.2. The molecule has 1 aromatic heterocycles. The van der Waals surface area contributed by atoms with Gasteiger partial charge in [0.25, 0.3) is 5.91 Å². The van der Waals surface area contributed by atoms with Gasteiger partial charge in [-0.1, -0.05) is 54.1 Å². The lowest BCUT2D eigenvalue weighted by Gasteiger charge is -2.21. The minimum atomic E-state index is -3.90. The van der Waals surface area contributed by atoms with Gasteiger partial charge >= 0.3 is 5.97 Å². The number of hydrogen-bond acceptors (Lipinski definition) is 8. The van der Waals surface area contributed by atoms with Crippen molar-refractivity contribution in [3.8, 4) is 11.5 Å². The van der Waals surface area contributed by atoms with E-state index in [-0.39, 0.29) is 40.8 Å². The molecule has 0 spiro atoms. The Balaban J connectivity index is 1.40. The van der Waals surface area contributed by atoms with Gasteiger partial charge in [-0.15, -0.1) is 0 Å². The van der Waals surface area contributed by atoms with E-state index >= 15 is 0 Å². The molecular weight excluding hydrogens is 632 g/mol. The highest BCUT2D eigenvalue weighted by Gasteiger charge is 2.37. The Labute approximate surface area is 280 Å². The van der Waals surface area contributed by atoms with Crippen molar-refractivity contribution in [2.75, 3.05) is 27.9 Å². The van der Waals surface area contributed by atoms with E-state index in [0.717, 1.165) is 16.7 Å². The summed E-state index contributed by atoms with van der Waals surface area (Å²) in [6, 6.07) is 24.9. The molecule has 0 unspecified atom stereocenters. The number of methoxy groups -OCH3 is 3. The number of esters is 1. The Hall–Kier alpha value is -5.13. The second kappa shape index (κ2) is 14.7. The van der Waals surface area contributed by atoms with Gasteiger partial charge in [-0.3, -0.25) is 4.79 Å². The summed E-state index contributed by atoms with van der Waals surface area (Å²) in [4.78, 5) is 28.3. The van der Waals surface area contributed by atoms with Crippen molar-refractivity contribution in [2.24, 2.45) is 0 Å². The van der Waals surface area contributed by atoms with Crippen LogP contribution in [-0.4, -0.2) is 57.4 Å². The lowest BCUT2D eigenvalue weighted by Crippen LogP contribution is -2.30. The van der Waals surface area contributed by atoms with E-state index < -0.39 is 16.0 Å². The van der Waals surface area contributed by atoms with E-state index in [2.05, 4.69) is 0 Å². The molecule has 1 aliphatic rings. The number of furan rings is 1. The van der Waals surface area contributed by atoms with Crippen molar-refractivity contribution in [2.45, 2.75) is 38.3 Å². The van der Waals surface area contributed by atoms with E-state index in [0.29, 0.717) is 35.9 Å². The zero-order valence-corrected chi connectivity index (χ0v) is 28.4. The van der Waals surface area contributed by atoms with Crippen molar-refractivity contribution in [3.63, 3.8) is 0 Å². The topological polar surface area (TPSA) is 116 Å². The number of hydrogen-bond donors (Lipinski definition) is 0. The van der Waals surface area contributed by atoms with Crippen LogP contribution in [0.2, 0.25) is 0 Å². The van der Waals surface area contributed by atoms with Gasteiger partial charge in [0.2, 0.25) is 10.0 Å². The largest absolute Gasteiger partial charge is 0.493 e. The average molecular weight is 671 g/mol. The van der Waals surface area contributed by atoms with Crippen molar-refractivity contribution in [3.05, 3.63) is 130 Å². The maximum absolute atomic E-state index is 13.8. The first-order chi connectivity index (χ1) is 23.0. The summed E-state index contributed by atoms with van der Waals surface area (Å²) in [5, 5.41) is 0. The number of ether oxygens (including phenoxy) is 3. The summed E-state index contributed by atoms with van der Waals surface area (Å²) in [6.45, 7) is 3.96. The first kappa shape index (κ1) is 34.2. The first-order valence-electron chi connectivity index (χ1n) is 15.3. The quantitative estimate of drug-likeness (QED) is 0.127. The summed E-state index contributed by atoms with van der Waals surface area (Å²) in [5.74, 6) is 0.806. The lowest BCUT2D eigenvalue weighted by atomic mass is 10.1. The molecule has 0 aliphatic carbocycles. The van der Waals surface area contributed by atoms with Gasteiger partial charge < -0.3 is 23.5 Å². The first-order valence-corrected chi connectivity index (χ1v) is 16.7. The average Bonchev–Trinajstić information content (AvgIpc) is 3.63. The van der Waals surface area contributed by atoms with Crippen LogP contribution in [0, 0.1) is 6.92 Å². The lowest BCUT2D eigenvalue weighted by molar-refractivity contribution is -0.136. The van der Waals surface area contributed by atoms with Crippen LogP contribution in [-0.2, 0) is 43.9 Å². The summed E-state index contributed by atoms with van der Waals surface area (Å²) in [7, 11) is 0.483. The van der Waals surface area contributed by atoms with Gasteiger partial charge in [0.15, 0.2) is 11.5 Å². The molecule has 0 radical (unpaired) electrons. The maximum atomic E-state index is 13.8. The van der Waals surface area contributed by atoms with Crippen LogP contribution >= 0.6 is 0 Å². The molecule has 48 heavy (non-hydrogen) atoms. The van der Waals surface area contributed by atoms with Gasteiger partial charge in [0.05, 0.1) is 43.9 Å². The molecule has 0 saturated carbocycles. The summed E-state index contributed by atoms with van der Waals surface area (Å²) >= 11 is 0. The molecule has 0 bridgehead atoms. The number of carbonyl (C=O) groups is 2. The molecular formula is C37H38N2O8S. The molecule has 0 N–H and O–H groups in total. The van der Waals surface area contributed by atoms with E-state index in [4.69, 9.17) is 18.6 Å². The molecule has 0 saturated heterocycles. The van der Waals surface area contributed by atoms with Crippen molar-refractivity contribution in [1.82, 2.24) is 9.21 Å². The SMILES string of the molecule is COC(=O)C1=C(C)N(CCc2ccc(OC)c(OC)c2)C(=O)/C1=C/c1ccc(CN(Cc2ccccc2)S(=O)(=O)c2ccc(C)cc2)o1. The van der Waals surface area contributed by atoms with Gasteiger partial charge in [-0.05, 0) is 73.9 Å². The van der Waals surface area contributed by atoms with Gasteiger partial charge in [0, 0.05) is 18.8 Å². The van der Waals surface area contributed by atoms with E-state index in [1.807, 2.05) is 49.4 Å². The maximum Gasteiger partial charge on any atom is 0.340 e. The van der Waals surface area contributed by atoms with Crippen LogP contribution < -0.4 is 9.47 Å². The molecule has 4 aromatic rings. The molecule has 0 fully saturated rings. The molecule has 250 valence electrons. The fourth-order valence-corrected chi connectivity index (χ4v) is 6.91. The van der Waals surface area contributed by atoms with Gasteiger partial charge in [-0.2, -0.15) is 4.31 Å². The number of amides is 1. The zero-order chi connectivity index (χ0) is 34.4. The summed E-state index contributed by atoms with van der Waals surface area (Å²) < 4.78 is 50.8. The molecule has 11 heteroatoms. The molecule has 0 atom stereocenters.